The average molecular weight is 253 g/mol. The van der Waals surface area contributed by atoms with Crippen molar-refractivity contribution < 1.29 is 23.0 Å². The van der Waals surface area contributed by atoms with Crippen LogP contribution >= 0.6 is 9.53 Å². The summed E-state index contributed by atoms with van der Waals surface area (Å²) >= 11 is 2.22. The number of carbonyl (C=O) groups is 1. The molecule has 0 heterocycles. The second kappa shape index (κ2) is 12.0. The van der Waals surface area contributed by atoms with E-state index < -0.39 is 0 Å². The summed E-state index contributed by atoms with van der Waals surface area (Å²) in [6, 6.07) is 0. The molecule has 0 saturated heterocycles. The Balaban J connectivity index is 0. The van der Waals surface area contributed by atoms with Crippen LogP contribution in [0.1, 0.15) is 19.8 Å². The van der Waals surface area contributed by atoms with Crippen molar-refractivity contribution in [2.75, 3.05) is 0 Å². The van der Waals surface area contributed by atoms with Crippen molar-refractivity contribution in [3.63, 3.8) is 0 Å². The second-order valence-corrected chi connectivity index (χ2v) is 1.66. The summed E-state index contributed by atoms with van der Waals surface area (Å²) in [5, 5.41) is 0. The predicted molar refractivity (Wildman–Crippen MR) is 40.3 cm³/mol. The van der Waals surface area contributed by atoms with Gasteiger partial charge in [-0.25, -0.2) is 0 Å². The number of halogens is 1. The fourth-order valence-electron chi connectivity index (χ4n) is 0.381. The van der Waals surface area contributed by atoms with Gasteiger partial charge in [0.25, 0.3) is 0 Å². The standard InChI is InChI=1S/C7H11O.ClH.Pd/c1-3-4-5-6-7(2)8;;/h5-6H,2-4H2,1H3;1H;/q-1;;+2/p-1. The van der Waals surface area contributed by atoms with Crippen LogP contribution in [0.4, 0.5) is 0 Å². The van der Waals surface area contributed by atoms with Gasteiger partial charge in [0.1, 0.15) is 0 Å². The van der Waals surface area contributed by atoms with Crippen molar-refractivity contribution in [3.05, 3.63) is 19.1 Å². The second-order valence-electron chi connectivity index (χ2n) is 1.66. The molecule has 0 rings (SSSR count). The summed E-state index contributed by atoms with van der Waals surface area (Å²) < 4.78 is 0. The molecular formula is C7H11ClOPd. The van der Waals surface area contributed by atoms with Crippen molar-refractivity contribution >= 4 is 15.3 Å². The van der Waals surface area contributed by atoms with Crippen molar-refractivity contribution in [2.24, 2.45) is 0 Å². The Morgan fingerprint density at radius 1 is 1.70 bits per heavy atom. The number of rotatable bonds is 3. The molecule has 0 N–H and O–H groups in total. The van der Waals surface area contributed by atoms with Crippen molar-refractivity contribution in [2.45, 2.75) is 19.8 Å². The van der Waals surface area contributed by atoms with Crippen LogP contribution in [0.5, 0.6) is 0 Å². The Kier molecular flexibility index (Phi) is 15.4. The SMILES string of the molecule is [CH2-]C(=O)C=CCCC.[Cl][Pd+]. The Labute approximate surface area is 77.2 Å². The van der Waals surface area contributed by atoms with Gasteiger partial charge in [-0.05, 0) is 0 Å². The molecule has 0 aromatic heterocycles. The Morgan fingerprint density at radius 2 is 2.20 bits per heavy atom. The molecule has 0 aliphatic heterocycles. The Hall–Kier alpha value is 0.232. The molecule has 0 saturated carbocycles. The molecule has 3 heteroatoms. The molecule has 0 radical (unpaired) electrons. The average Bonchev–Trinajstić information content (AvgIpc) is 1.92. The molecule has 0 bridgehead atoms. The first-order chi connectivity index (χ1) is 4.77. The van der Waals surface area contributed by atoms with Crippen LogP contribution < -0.4 is 0 Å². The normalized spacial score (nSPS) is 8.80. The zero-order chi connectivity index (χ0) is 8.41. The molecule has 0 aliphatic rings. The van der Waals surface area contributed by atoms with E-state index in [4.69, 9.17) is 0 Å². The van der Waals surface area contributed by atoms with Gasteiger partial charge in [0, 0.05) is 5.78 Å². The minimum absolute atomic E-state index is 0.113. The van der Waals surface area contributed by atoms with Gasteiger partial charge in [0.2, 0.25) is 0 Å². The summed E-state index contributed by atoms with van der Waals surface area (Å²) in [5.74, 6) is -0.113. The van der Waals surface area contributed by atoms with E-state index in [0.717, 1.165) is 12.8 Å². The molecule has 0 unspecified atom stereocenters. The topological polar surface area (TPSA) is 17.1 Å². The van der Waals surface area contributed by atoms with Gasteiger partial charge in [-0.15, -0.1) is 0 Å². The summed E-state index contributed by atoms with van der Waals surface area (Å²) in [6.07, 6.45) is 5.41. The van der Waals surface area contributed by atoms with Crippen LogP contribution in [0.15, 0.2) is 12.2 Å². The fraction of sp³-hybridized carbons (Fsp3) is 0.429. The third kappa shape index (κ3) is 15.7. The van der Waals surface area contributed by atoms with Crippen LogP contribution in [0.2, 0.25) is 0 Å². The predicted octanol–water partition coefficient (Wildman–Crippen LogP) is 2.43. The molecule has 0 fully saturated rings. The maximum absolute atomic E-state index is 10.1. The van der Waals surface area contributed by atoms with Crippen LogP contribution in [0.25, 0.3) is 0 Å². The fourth-order valence-corrected chi connectivity index (χ4v) is 0.381. The Bertz CT molecular complexity index is 102. The molecule has 0 aromatic carbocycles. The van der Waals surface area contributed by atoms with Crippen molar-refractivity contribution in [1.29, 1.82) is 0 Å². The molecule has 0 aliphatic carbocycles. The monoisotopic (exact) mass is 252 g/mol. The molecule has 0 atom stereocenters. The van der Waals surface area contributed by atoms with E-state index in [1.807, 2.05) is 6.08 Å². The van der Waals surface area contributed by atoms with Gasteiger partial charge in [-0.2, -0.15) is 19.1 Å². The number of hydrogen-bond donors (Lipinski definition) is 0. The number of carbonyl (C=O) groups excluding carboxylic acids is 1. The van der Waals surface area contributed by atoms with E-state index in [1.54, 1.807) is 0 Å². The van der Waals surface area contributed by atoms with Crippen LogP contribution in [0.3, 0.4) is 0 Å². The molecule has 10 heavy (non-hydrogen) atoms. The van der Waals surface area contributed by atoms with Gasteiger partial charge in [0.15, 0.2) is 0 Å². The van der Waals surface area contributed by atoms with Crippen molar-refractivity contribution in [1.82, 2.24) is 0 Å². The number of unbranched alkanes of at least 4 members (excludes halogenated alkanes) is 1. The summed E-state index contributed by atoms with van der Waals surface area (Å²) in [7, 11) is 4.49. The van der Waals surface area contributed by atoms with Gasteiger partial charge < -0.3 is 4.79 Å². The number of allylic oxidation sites excluding steroid dienone is 2. The maximum atomic E-state index is 10.1. The third-order valence-electron chi connectivity index (χ3n) is 0.759. The molecule has 0 amide bonds. The third-order valence-corrected chi connectivity index (χ3v) is 0.759. The molecule has 0 aromatic rings. The van der Waals surface area contributed by atoms with E-state index in [0.29, 0.717) is 0 Å². The quantitative estimate of drug-likeness (QED) is 0.429. The molecule has 1 nitrogen and oxygen atoms in total. The minimum atomic E-state index is -0.113. The van der Waals surface area contributed by atoms with Crippen LogP contribution in [-0.4, -0.2) is 5.78 Å². The van der Waals surface area contributed by atoms with E-state index >= 15 is 0 Å². The molecule has 62 valence electrons. The zero-order valence-corrected chi connectivity index (χ0v) is 8.19. The summed E-state index contributed by atoms with van der Waals surface area (Å²) in [5.41, 5.74) is 0. The van der Waals surface area contributed by atoms with E-state index in [-0.39, 0.29) is 5.78 Å². The van der Waals surface area contributed by atoms with E-state index in [9.17, 15) is 4.79 Å². The van der Waals surface area contributed by atoms with Gasteiger partial charge >= 0.3 is 27.7 Å². The van der Waals surface area contributed by atoms with Crippen LogP contribution in [-0.2, 0) is 23.0 Å². The molecular weight excluding hydrogens is 242 g/mol. The first kappa shape index (κ1) is 12.9. The number of hydrogen-bond acceptors (Lipinski definition) is 1. The van der Waals surface area contributed by atoms with E-state index in [2.05, 4.69) is 41.6 Å². The van der Waals surface area contributed by atoms with Gasteiger partial charge in [0.05, 0.1) is 0 Å². The van der Waals surface area contributed by atoms with Crippen molar-refractivity contribution in [3.8, 4) is 0 Å². The van der Waals surface area contributed by atoms with Gasteiger partial charge in [-0.1, -0.05) is 19.8 Å². The van der Waals surface area contributed by atoms with Gasteiger partial charge in [-0.3, -0.25) is 0 Å². The zero-order valence-electron chi connectivity index (χ0n) is 5.88. The first-order valence-electron chi connectivity index (χ1n) is 2.91. The van der Waals surface area contributed by atoms with Crippen LogP contribution in [0, 0.1) is 6.92 Å². The number of ketones is 1. The van der Waals surface area contributed by atoms with E-state index in [1.165, 1.54) is 6.08 Å². The molecule has 0 spiro atoms. The first-order valence-corrected chi connectivity index (χ1v) is 4.92. The summed E-state index contributed by atoms with van der Waals surface area (Å²) in [6.45, 7) is 5.25. The summed E-state index contributed by atoms with van der Waals surface area (Å²) in [4.78, 5) is 10.1. The Morgan fingerprint density at radius 3 is 2.50 bits per heavy atom.